The van der Waals surface area contributed by atoms with Crippen LogP contribution < -0.4 is 14.8 Å². The lowest BCUT2D eigenvalue weighted by Crippen LogP contribution is -2.36. The summed E-state index contributed by atoms with van der Waals surface area (Å²) in [6.07, 6.45) is 5.65. The Morgan fingerprint density at radius 1 is 1.11 bits per heavy atom. The summed E-state index contributed by atoms with van der Waals surface area (Å²) in [6, 6.07) is 5.32. The van der Waals surface area contributed by atoms with Crippen LogP contribution in [0.5, 0.6) is 11.5 Å². The van der Waals surface area contributed by atoms with E-state index in [1.807, 2.05) is 13.8 Å². The Morgan fingerprint density at radius 3 is 2.50 bits per heavy atom. The Kier molecular flexibility index (Phi) is 6.81. The van der Waals surface area contributed by atoms with E-state index in [-0.39, 0.29) is 18.4 Å². The van der Waals surface area contributed by atoms with Gasteiger partial charge in [-0.15, -0.1) is 0 Å². The van der Waals surface area contributed by atoms with Gasteiger partial charge < -0.3 is 19.7 Å². The van der Waals surface area contributed by atoms with Gasteiger partial charge in [-0.2, -0.15) is 0 Å². The number of nitrogens with one attached hydrogen (secondary N) is 1. The summed E-state index contributed by atoms with van der Waals surface area (Å²) in [5, 5.41) is 2.85. The summed E-state index contributed by atoms with van der Waals surface area (Å²) in [5.74, 6) is 3.16. The molecular formula is C22H32N2O4. The first-order valence-corrected chi connectivity index (χ1v) is 10.4. The molecule has 154 valence electrons. The van der Waals surface area contributed by atoms with Crippen molar-refractivity contribution in [1.82, 2.24) is 4.90 Å². The van der Waals surface area contributed by atoms with Crippen LogP contribution in [-0.2, 0) is 9.59 Å². The first-order valence-electron chi connectivity index (χ1n) is 10.4. The van der Waals surface area contributed by atoms with Crippen LogP contribution in [0.4, 0.5) is 5.69 Å². The molecule has 1 aromatic carbocycles. The summed E-state index contributed by atoms with van der Waals surface area (Å²) in [7, 11) is 1.71. The Morgan fingerprint density at radius 2 is 1.86 bits per heavy atom. The molecule has 2 aliphatic rings. The zero-order chi connectivity index (χ0) is 20.1. The van der Waals surface area contributed by atoms with Crippen LogP contribution in [0, 0.1) is 17.8 Å². The van der Waals surface area contributed by atoms with E-state index in [1.54, 1.807) is 30.1 Å². The van der Waals surface area contributed by atoms with Crippen molar-refractivity contribution in [2.75, 3.05) is 32.1 Å². The third-order valence-electron chi connectivity index (χ3n) is 5.96. The van der Waals surface area contributed by atoms with E-state index in [4.69, 9.17) is 9.47 Å². The highest BCUT2D eigenvalue weighted by Gasteiger charge is 2.40. The number of fused-ring (bicyclic) bond motifs is 2. The van der Waals surface area contributed by atoms with E-state index in [9.17, 15) is 9.59 Å². The lowest BCUT2D eigenvalue weighted by atomic mass is 9.86. The van der Waals surface area contributed by atoms with Gasteiger partial charge >= 0.3 is 0 Å². The lowest BCUT2D eigenvalue weighted by Gasteiger charge is -2.24. The van der Waals surface area contributed by atoms with Gasteiger partial charge in [0.25, 0.3) is 0 Å². The second-order valence-corrected chi connectivity index (χ2v) is 7.96. The SMILES string of the molecule is CCOc1ccc(NC(=O)CN(C)C(=O)C[C@@H]2C[C@H]3CC[C@@H]2C3)cc1OCC. The summed E-state index contributed by atoms with van der Waals surface area (Å²) in [6.45, 7) is 4.92. The average Bonchev–Trinajstić information content (AvgIpc) is 3.27. The molecular weight excluding hydrogens is 356 g/mol. The van der Waals surface area contributed by atoms with Crippen molar-refractivity contribution in [2.24, 2.45) is 17.8 Å². The van der Waals surface area contributed by atoms with Crippen LogP contribution >= 0.6 is 0 Å². The van der Waals surface area contributed by atoms with Crippen LogP contribution in [0.15, 0.2) is 18.2 Å². The second kappa shape index (κ2) is 9.30. The number of likely N-dealkylation sites (N-methyl/N-ethyl adjacent to an activating group) is 1. The molecule has 6 nitrogen and oxygen atoms in total. The van der Waals surface area contributed by atoms with Gasteiger partial charge in [-0.05, 0) is 63.0 Å². The molecule has 0 saturated heterocycles. The predicted molar refractivity (Wildman–Crippen MR) is 109 cm³/mol. The molecule has 0 aromatic heterocycles. The first kappa shape index (κ1) is 20.5. The Hall–Kier alpha value is -2.24. The molecule has 2 bridgehead atoms. The van der Waals surface area contributed by atoms with Gasteiger partial charge in [0.15, 0.2) is 11.5 Å². The normalized spacial score (nSPS) is 22.8. The Bertz CT molecular complexity index is 706. The minimum absolute atomic E-state index is 0.0524. The molecule has 2 saturated carbocycles. The van der Waals surface area contributed by atoms with Crippen LogP contribution in [-0.4, -0.2) is 43.5 Å². The van der Waals surface area contributed by atoms with E-state index < -0.39 is 0 Å². The number of hydrogen-bond acceptors (Lipinski definition) is 4. The highest BCUT2D eigenvalue weighted by atomic mass is 16.5. The van der Waals surface area contributed by atoms with E-state index >= 15 is 0 Å². The van der Waals surface area contributed by atoms with E-state index in [1.165, 1.54) is 25.7 Å². The maximum absolute atomic E-state index is 12.5. The molecule has 1 aromatic rings. The zero-order valence-electron chi connectivity index (χ0n) is 17.2. The fourth-order valence-corrected chi connectivity index (χ4v) is 4.64. The number of carbonyl (C=O) groups excluding carboxylic acids is 2. The quantitative estimate of drug-likeness (QED) is 0.700. The number of ether oxygens (including phenoxy) is 2. The van der Waals surface area contributed by atoms with Gasteiger partial charge in [-0.1, -0.05) is 6.42 Å². The van der Waals surface area contributed by atoms with Crippen molar-refractivity contribution >= 4 is 17.5 Å². The molecule has 3 atom stereocenters. The van der Waals surface area contributed by atoms with Gasteiger partial charge in [0.2, 0.25) is 11.8 Å². The minimum atomic E-state index is -0.213. The minimum Gasteiger partial charge on any atom is -0.490 e. The standard InChI is InChI=1S/C22H32N2O4/c1-4-27-19-9-8-18(13-20(19)28-5-2)23-21(25)14-24(3)22(26)12-17-11-15-6-7-16(17)10-15/h8-9,13,15-17H,4-7,10-12,14H2,1-3H3,(H,23,25)/t15-,16+,17-/m0/s1. The molecule has 0 unspecified atom stereocenters. The summed E-state index contributed by atoms with van der Waals surface area (Å²) < 4.78 is 11.1. The fraction of sp³-hybridized carbons (Fsp3) is 0.636. The molecule has 2 amide bonds. The Labute approximate surface area is 167 Å². The van der Waals surface area contributed by atoms with Crippen molar-refractivity contribution in [2.45, 2.75) is 46.0 Å². The maximum atomic E-state index is 12.5. The molecule has 0 radical (unpaired) electrons. The van der Waals surface area contributed by atoms with E-state index in [2.05, 4.69) is 5.32 Å². The largest absolute Gasteiger partial charge is 0.490 e. The van der Waals surface area contributed by atoms with Crippen LogP contribution in [0.1, 0.15) is 46.0 Å². The smallest absolute Gasteiger partial charge is 0.243 e. The number of hydrogen-bond donors (Lipinski definition) is 1. The molecule has 2 fully saturated rings. The zero-order valence-corrected chi connectivity index (χ0v) is 17.2. The number of nitrogens with zero attached hydrogens (tertiary/aromatic N) is 1. The number of amides is 2. The molecule has 2 aliphatic carbocycles. The molecule has 0 spiro atoms. The maximum Gasteiger partial charge on any atom is 0.243 e. The highest BCUT2D eigenvalue weighted by Crippen LogP contribution is 2.49. The van der Waals surface area contributed by atoms with Gasteiger partial charge in [0.05, 0.1) is 19.8 Å². The summed E-state index contributed by atoms with van der Waals surface area (Å²) in [4.78, 5) is 26.5. The van der Waals surface area contributed by atoms with Gasteiger partial charge in [-0.25, -0.2) is 0 Å². The second-order valence-electron chi connectivity index (χ2n) is 7.96. The van der Waals surface area contributed by atoms with Gasteiger partial charge in [-0.3, -0.25) is 9.59 Å². The predicted octanol–water partition coefficient (Wildman–Crippen LogP) is 3.71. The lowest BCUT2D eigenvalue weighted by molar-refractivity contribution is -0.134. The third-order valence-corrected chi connectivity index (χ3v) is 5.96. The summed E-state index contributed by atoms with van der Waals surface area (Å²) >= 11 is 0. The van der Waals surface area contributed by atoms with Gasteiger partial charge in [0.1, 0.15) is 0 Å². The van der Waals surface area contributed by atoms with Crippen molar-refractivity contribution in [3.8, 4) is 11.5 Å². The topological polar surface area (TPSA) is 67.9 Å². The van der Waals surface area contributed by atoms with Crippen molar-refractivity contribution in [3.63, 3.8) is 0 Å². The summed E-state index contributed by atoms with van der Waals surface area (Å²) in [5.41, 5.74) is 0.630. The molecule has 1 N–H and O–H groups in total. The molecule has 0 heterocycles. The van der Waals surface area contributed by atoms with Crippen LogP contribution in [0.3, 0.4) is 0 Å². The number of anilines is 1. The number of rotatable bonds is 9. The molecule has 0 aliphatic heterocycles. The Balaban J connectivity index is 1.51. The number of benzene rings is 1. The average molecular weight is 389 g/mol. The van der Waals surface area contributed by atoms with E-state index in [0.717, 1.165) is 11.8 Å². The van der Waals surface area contributed by atoms with Gasteiger partial charge in [0, 0.05) is 25.2 Å². The fourth-order valence-electron chi connectivity index (χ4n) is 4.64. The molecule has 6 heteroatoms. The monoisotopic (exact) mass is 388 g/mol. The number of carbonyl (C=O) groups is 2. The molecule has 28 heavy (non-hydrogen) atoms. The highest BCUT2D eigenvalue weighted by molar-refractivity contribution is 5.94. The van der Waals surface area contributed by atoms with E-state index in [0.29, 0.717) is 42.7 Å². The molecule has 3 rings (SSSR count). The van der Waals surface area contributed by atoms with Crippen molar-refractivity contribution < 1.29 is 19.1 Å². The van der Waals surface area contributed by atoms with Crippen molar-refractivity contribution in [1.29, 1.82) is 0 Å². The third kappa shape index (κ3) is 4.97. The first-order chi connectivity index (χ1) is 13.5. The van der Waals surface area contributed by atoms with Crippen LogP contribution in [0.25, 0.3) is 0 Å². The van der Waals surface area contributed by atoms with Crippen LogP contribution in [0.2, 0.25) is 0 Å². The van der Waals surface area contributed by atoms with Crippen molar-refractivity contribution in [3.05, 3.63) is 18.2 Å².